The van der Waals surface area contributed by atoms with Gasteiger partial charge in [-0.2, -0.15) is 0 Å². The molecule has 0 radical (unpaired) electrons. The van der Waals surface area contributed by atoms with Gasteiger partial charge in [0.15, 0.2) is 17.4 Å². The van der Waals surface area contributed by atoms with Crippen LogP contribution in [0.2, 0.25) is 0 Å². The number of Topliss-reactive ketones (excluding diaryl/α,β-unsaturated/α-hetero) is 1. The van der Waals surface area contributed by atoms with Crippen molar-refractivity contribution in [1.82, 2.24) is 0 Å². The molecule has 0 spiro atoms. The van der Waals surface area contributed by atoms with Gasteiger partial charge >= 0.3 is 0 Å². The van der Waals surface area contributed by atoms with Crippen molar-refractivity contribution in [3.8, 4) is 0 Å². The van der Waals surface area contributed by atoms with E-state index in [4.69, 9.17) is 4.74 Å². The number of halogens is 2. The van der Waals surface area contributed by atoms with Crippen LogP contribution < -0.4 is 0 Å². The number of carbonyl (C=O) groups excluding carboxylic acids is 1. The molecule has 1 aromatic carbocycles. The molecule has 0 saturated carbocycles. The molecule has 0 aromatic heterocycles. The molecule has 16 heavy (non-hydrogen) atoms. The molecular weight excluding hydrogens is 214 g/mol. The minimum Gasteiger partial charge on any atom is -0.380 e. The average Bonchev–Trinajstić information content (AvgIpc) is 2.50. The summed E-state index contributed by atoms with van der Waals surface area (Å²) in [6.45, 7) is 1.68. The Labute approximate surface area is 92.2 Å². The molecule has 1 aromatic rings. The van der Waals surface area contributed by atoms with Crippen molar-refractivity contribution in [2.75, 3.05) is 7.11 Å². The quantitative estimate of drug-likeness (QED) is 0.774. The van der Waals surface area contributed by atoms with Crippen molar-refractivity contribution in [2.24, 2.45) is 5.92 Å². The number of fused-ring (bicyclic) bond motifs is 1. The first kappa shape index (κ1) is 11.2. The summed E-state index contributed by atoms with van der Waals surface area (Å²) < 4.78 is 31.6. The fraction of sp³-hybridized carbons (Fsp3) is 0.417. The minimum absolute atomic E-state index is 0.0480. The molecule has 0 saturated heterocycles. The van der Waals surface area contributed by atoms with E-state index in [0.29, 0.717) is 17.5 Å². The molecule has 0 aliphatic heterocycles. The van der Waals surface area contributed by atoms with Gasteiger partial charge in [-0.15, -0.1) is 0 Å². The summed E-state index contributed by atoms with van der Waals surface area (Å²) in [7, 11) is 1.39. The minimum atomic E-state index is -0.969. The summed E-state index contributed by atoms with van der Waals surface area (Å²) in [4.78, 5) is 11.8. The molecule has 4 heteroatoms. The van der Waals surface area contributed by atoms with Crippen LogP contribution >= 0.6 is 0 Å². The lowest BCUT2D eigenvalue weighted by Crippen LogP contribution is -2.09. The Kier molecular flexibility index (Phi) is 2.76. The molecule has 0 fully saturated rings. The SMILES string of the molecule is COCc1c(F)c(F)cc2c1C(=O)C(C)C2. The van der Waals surface area contributed by atoms with E-state index in [1.807, 2.05) is 0 Å². The fourth-order valence-electron chi connectivity index (χ4n) is 2.15. The Morgan fingerprint density at radius 3 is 2.81 bits per heavy atom. The molecule has 0 N–H and O–H groups in total. The largest absolute Gasteiger partial charge is 0.380 e. The first-order chi connectivity index (χ1) is 7.56. The monoisotopic (exact) mass is 226 g/mol. The number of benzene rings is 1. The van der Waals surface area contributed by atoms with E-state index >= 15 is 0 Å². The summed E-state index contributed by atoms with van der Waals surface area (Å²) in [5.74, 6) is -2.21. The Morgan fingerprint density at radius 2 is 2.19 bits per heavy atom. The third kappa shape index (κ3) is 1.53. The van der Waals surface area contributed by atoms with E-state index in [9.17, 15) is 13.6 Å². The fourth-order valence-corrected chi connectivity index (χ4v) is 2.15. The molecule has 1 aliphatic rings. The Bertz CT molecular complexity index is 455. The summed E-state index contributed by atoms with van der Waals surface area (Å²) in [5.41, 5.74) is 0.948. The van der Waals surface area contributed by atoms with E-state index < -0.39 is 11.6 Å². The van der Waals surface area contributed by atoms with Crippen molar-refractivity contribution >= 4 is 5.78 Å². The zero-order valence-corrected chi connectivity index (χ0v) is 9.14. The molecule has 1 atom stereocenters. The molecular formula is C12H12F2O2. The normalized spacial score (nSPS) is 19.0. The highest BCUT2D eigenvalue weighted by molar-refractivity contribution is 6.03. The number of hydrogen-bond donors (Lipinski definition) is 0. The number of rotatable bonds is 2. The van der Waals surface area contributed by atoms with Crippen molar-refractivity contribution in [1.29, 1.82) is 0 Å². The molecule has 2 rings (SSSR count). The third-order valence-electron chi connectivity index (χ3n) is 2.91. The van der Waals surface area contributed by atoms with Crippen LogP contribution in [-0.4, -0.2) is 12.9 Å². The van der Waals surface area contributed by atoms with E-state index in [1.165, 1.54) is 7.11 Å². The van der Waals surface area contributed by atoms with Crippen molar-refractivity contribution in [3.63, 3.8) is 0 Å². The van der Waals surface area contributed by atoms with Crippen LogP contribution in [0.1, 0.15) is 28.4 Å². The van der Waals surface area contributed by atoms with Gasteiger partial charge in [0.2, 0.25) is 0 Å². The summed E-state index contributed by atoms with van der Waals surface area (Å²) in [6.07, 6.45) is 0.474. The first-order valence-electron chi connectivity index (χ1n) is 5.09. The zero-order valence-electron chi connectivity index (χ0n) is 9.14. The van der Waals surface area contributed by atoms with E-state index in [1.54, 1.807) is 6.92 Å². The number of methoxy groups -OCH3 is 1. The van der Waals surface area contributed by atoms with Crippen molar-refractivity contribution in [2.45, 2.75) is 20.0 Å². The standard InChI is InChI=1S/C12H12F2O2/c1-6-3-7-4-9(13)11(14)8(5-16-2)10(7)12(6)15/h4,6H,3,5H2,1-2H3. The highest BCUT2D eigenvalue weighted by atomic mass is 19.2. The van der Waals surface area contributed by atoms with Gasteiger partial charge in [0.05, 0.1) is 6.61 Å². The van der Waals surface area contributed by atoms with Gasteiger partial charge < -0.3 is 4.74 Å². The third-order valence-corrected chi connectivity index (χ3v) is 2.91. The number of hydrogen-bond acceptors (Lipinski definition) is 2. The van der Waals surface area contributed by atoms with Crippen LogP contribution in [-0.2, 0) is 17.8 Å². The van der Waals surface area contributed by atoms with Gasteiger partial charge in [-0.3, -0.25) is 4.79 Å². The lowest BCUT2D eigenvalue weighted by atomic mass is 10.0. The van der Waals surface area contributed by atoms with Crippen molar-refractivity contribution in [3.05, 3.63) is 34.4 Å². The number of ketones is 1. The molecule has 1 aliphatic carbocycles. The maximum atomic E-state index is 13.5. The summed E-state index contributed by atoms with van der Waals surface area (Å²) in [5, 5.41) is 0. The zero-order chi connectivity index (χ0) is 11.9. The van der Waals surface area contributed by atoms with Crippen LogP contribution in [0, 0.1) is 17.6 Å². The number of ether oxygens (including phenoxy) is 1. The first-order valence-corrected chi connectivity index (χ1v) is 5.09. The summed E-state index contributed by atoms with van der Waals surface area (Å²) >= 11 is 0. The number of carbonyl (C=O) groups is 1. The van der Waals surface area contributed by atoms with Gasteiger partial charge in [0.25, 0.3) is 0 Å². The van der Waals surface area contributed by atoms with Crippen LogP contribution in [0.5, 0.6) is 0 Å². The van der Waals surface area contributed by atoms with Crippen LogP contribution in [0.4, 0.5) is 8.78 Å². The van der Waals surface area contributed by atoms with Gasteiger partial charge in [-0.1, -0.05) is 6.92 Å². The molecule has 0 amide bonds. The molecule has 2 nitrogen and oxygen atoms in total. The Morgan fingerprint density at radius 1 is 1.50 bits per heavy atom. The lowest BCUT2D eigenvalue weighted by molar-refractivity contribution is 0.0941. The predicted octanol–water partition coefficient (Wildman–Crippen LogP) is 2.49. The highest BCUT2D eigenvalue weighted by Crippen LogP contribution is 2.32. The maximum Gasteiger partial charge on any atom is 0.166 e. The molecule has 0 heterocycles. The second-order valence-electron chi connectivity index (χ2n) is 4.09. The van der Waals surface area contributed by atoms with Gasteiger partial charge in [0, 0.05) is 24.2 Å². The highest BCUT2D eigenvalue weighted by Gasteiger charge is 2.32. The molecule has 0 bridgehead atoms. The summed E-state index contributed by atoms with van der Waals surface area (Å²) in [6, 6.07) is 1.12. The van der Waals surface area contributed by atoms with Gasteiger partial charge in [-0.05, 0) is 18.1 Å². The Balaban J connectivity index is 2.63. The smallest absolute Gasteiger partial charge is 0.166 e. The van der Waals surface area contributed by atoms with Crippen molar-refractivity contribution < 1.29 is 18.3 Å². The van der Waals surface area contributed by atoms with Crippen LogP contribution in [0.15, 0.2) is 6.07 Å². The van der Waals surface area contributed by atoms with E-state index in [2.05, 4.69) is 0 Å². The second-order valence-corrected chi connectivity index (χ2v) is 4.09. The van der Waals surface area contributed by atoms with Crippen LogP contribution in [0.25, 0.3) is 0 Å². The Hall–Kier alpha value is -1.29. The van der Waals surface area contributed by atoms with Gasteiger partial charge in [0.1, 0.15) is 0 Å². The lowest BCUT2D eigenvalue weighted by Gasteiger charge is -2.08. The predicted molar refractivity (Wildman–Crippen MR) is 54.3 cm³/mol. The molecule has 1 unspecified atom stereocenters. The topological polar surface area (TPSA) is 26.3 Å². The molecule has 86 valence electrons. The van der Waals surface area contributed by atoms with Crippen LogP contribution in [0.3, 0.4) is 0 Å². The maximum absolute atomic E-state index is 13.5. The van der Waals surface area contributed by atoms with E-state index in [-0.39, 0.29) is 23.9 Å². The average molecular weight is 226 g/mol. The van der Waals surface area contributed by atoms with E-state index in [0.717, 1.165) is 6.07 Å². The van der Waals surface area contributed by atoms with Gasteiger partial charge in [-0.25, -0.2) is 8.78 Å². The second kappa shape index (κ2) is 3.94.